The summed E-state index contributed by atoms with van der Waals surface area (Å²) >= 11 is 0. The number of hydrogen-bond donors (Lipinski definition) is 3. The first-order valence-corrected chi connectivity index (χ1v) is 7.92. The van der Waals surface area contributed by atoms with Gasteiger partial charge in [-0.1, -0.05) is 24.0 Å². The van der Waals surface area contributed by atoms with E-state index >= 15 is 0 Å². The Bertz CT molecular complexity index is 906. The molecule has 0 radical (unpaired) electrons. The quantitative estimate of drug-likeness (QED) is 0.736. The Morgan fingerprint density at radius 3 is 1.96 bits per heavy atom. The van der Waals surface area contributed by atoms with Crippen LogP contribution in [-0.4, -0.2) is 17.7 Å². The molecule has 0 saturated carbocycles. The first kappa shape index (κ1) is 18.7. The lowest BCUT2D eigenvalue weighted by molar-refractivity contribution is -0.117. The number of carbonyl (C=O) groups excluding carboxylic acids is 3. The predicted molar refractivity (Wildman–Crippen MR) is 100 cm³/mol. The van der Waals surface area contributed by atoms with Crippen molar-refractivity contribution in [3.63, 3.8) is 0 Å². The molecular formula is C20H19N3O3. The molecule has 26 heavy (non-hydrogen) atoms. The maximum absolute atomic E-state index is 11.4. The fourth-order valence-corrected chi connectivity index (χ4v) is 2.27. The van der Waals surface area contributed by atoms with Gasteiger partial charge in [-0.05, 0) is 35.9 Å². The van der Waals surface area contributed by atoms with E-state index in [-0.39, 0.29) is 24.1 Å². The van der Waals surface area contributed by atoms with Crippen molar-refractivity contribution in [2.24, 2.45) is 5.73 Å². The highest BCUT2D eigenvalue weighted by molar-refractivity contribution is 5.98. The Morgan fingerprint density at radius 2 is 1.38 bits per heavy atom. The van der Waals surface area contributed by atoms with E-state index in [4.69, 9.17) is 5.73 Å². The molecule has 0 atom stereocenters. The first-order chi connectivity index (χ1) is 12.3. The lowest BCUT2D eigenvalue weighted by atomic mass is 10.1. The Hall–Kier alpha value is -3.59. The Labute approximate surface area is 151 Å². The normalized spacial score (nSPS) is 9.62. The molecule has 0 aliphatic carbocycles. The van der Waals surface area contributed by atoms with Gasteiger partial charge in [0.1, 0.15) is 0 Å². The number of amides is 3. The van der Waals surface area contributed by atoms with Crippen LogP contribution in [0.15, 0.2) is 42.5 Å². The third kappa shape index (κ3) is 5.80. The molecule has 4 N–H and O–H groups in total. The second-order valence-electron chi connectivity index (χ2n) is 5.71. The van der Waals surface area contributed by atoms with Crippen molar-refractivity contribution < 1.29 is 14.4 Å². The third-order valence-corrected chi connectivity index (χ3v) is 3.32. The molecule has 0 saturated heterocycles. The van der Waals surface area contributed by atoms with Crippen LogP contribution in [0, 0.1) is 11.8 Å². The van der Waals surface area contributed by atoms with Crippen molar-refractivity contribution in [1.29, 1.82) is 0 Å². The van der Waals surface area contributed by atoms with E-state index in [1.165, 1.54) is 13.8 Å². The molecule has 0 fully saturated rings. The van der Waals surface area contributed by atoms with Gasteiger partial charge in [0.25, 0.3) is 0 Å². The molecule has 0 aliphatic rings. The molecule has 2 aromatic carbocycles. The summed E-state index contributed by atoms with van der Waals surface area (Å²) in [5.41, 5.74) is 8.45. The van der Waals surface area contributed by atoms with Crippen LogP contribution in [0.3, 0.4) is 0 Å². The van der Waals surface area contributed by atoms with Crippen LogP contribution in [-0.2, 0) is 20.8 Å². The van der Waals surface area contributed by atoms with Crippen molar-refractivity contribution in [3.8, 4) is 11.8 Å². The molecule has 0 spiro atoms. The molecule has 6 heteroatoms. The van der Waals surface area contributed by atoms with Gasteiger partial charge in [0.2, 0.25) is 17.7 Å². The molecule has 0 aliphatic heterocycles. The van der Waals surface area contributed by atoms with Gasteiger partial charge in [0.15, 0.2) is 0 Å². The van der Waals surface area contributed by atoms with Crippen molar-refractivity contribution in [2.45, 2.75) is 20.3 Å². The highest BCUT2D eigenvalue weighted by atomic mass is 16.2. The molecule has 0 aromatic heterocycles. The smallest absolute Gasteiger partial charge is 0.221 e. The minimum atomic E-state index is -0.381. The van der Waals surface area contributed by atoms with Gasteiger partial charge in [0, 0.05) is 25.0 Å². The molecule has 0 heterocycles. The maximum atomic E-state index is 11.4. The summed E-state index contributed by atoms with van der Waals surface area (Å²) in [7, 11) is 0. The number of carbonyl (C=O) groups is 3. The molecule has 0 bridgehead atoms. The molecule has 6 nitrogen and oxygen atoms in total. The number of anilines is 2. The van der Waals surface area contributed by atoms with Gasteiger partial charge < -0.3 is 16.4 Å². The van der Waals surface area contributed by atoms with Gasteiger partial charge in [-0.15, -0.1) is 0 Å². The van der Waals surface area contributed by atoms with Crippen molar-refractivity contribution >= 4 is 29.1 Å². The Kier molecular flexibility index (Phi) is 6.12. The topological polar surface area (TPSA) is 101 Å². The number of nitrogens with one attached hydrogen (secondary N) is 2. The van der Waals surface area contributed by atoms with E-state index in [1.54, 1.807) is 30.3 Å². The minimum Gasteiger partial charge on any atom is -0.369 e. The molecule has 2 aromatic rings. The van der Waals surface area contributed by atoms with Crippen molar-refractivity contribution in [2.75, 3.05) is 10.6 Å². The highest BCUT2D eigenvalue weighted by Gasteiger charge is 2.06. The van der Waals surface area contributed by atoms with Crippen molar-refractivity contribution in [3.05, 3.63) is 59.2 Å². The molecule has 2 rings (SSSR count). The van der Waals surface area contributed by atoms with E-state index in [2.05, 4.69) is 22.5 Å². The second kappa shape index (κ2) is 8.49. The van der Waals surface area contributed by atoms with Crippen molar-refractivity contribution in [1.82, 2.24) is 0 Å². The van der Waals surface area contributed by atoms with E-state index in [1.807, 2.05) is 12.1 Å². The minimum absolute atomic E-state index is 0.193. The first-order valence-electron chi connectivity index (χ1n) is 7.92. The van der Waals surface area contributed by atoms with Crippen LogP contribution in [0.2, 0.25) is 0 Å². The van der Waals surface area contributed by atoms with E-state index in [0.717, 1.165) is 11.1 Å². The molecule has 3 amide bonds. The van der Waals surface area contributed by atoms with Gasteiger partial charge in [-0.3, -0.25) is 14.4 Å². The average molecular weight is 349 g/mol. The van der Waals surface area contributed by atoms with E-state index in [0.29, 0.717) is 16.9 Å². The summed E-state index contributed by atoms with van der Waals surface area (Å²) in [6.07, 6.45) is 0.193. The number of primary amides is 1. The van der Waals surface area contributed by atoms with Gasteiger partial charge >= 0.3 is 0 Å². The second-order valence-corrected chi connectivity index (χ2v) is 5.71. The SMILES string of the molecule is CC(=O)Nc1ccc(C#Cc2ccc(CC(N)=O)cc2)cc1NC(C)=O. The molecule has 0 unspecified atom stereocenters. The predicted octanol–water partition coefficient (Wildman–Crippen LogP) is 2.03. The van der Waals surface area contributed by atoms with E-state index in [9.17, 15) is 14.4 Å². The molecule has 132 valence electrons. The summed E-state index contributed by atoms with van der Waals surface area (Å²) in [6.45, 7) is 2.79. The largest absolute Gasteiger partial charge is 0.369 e. The number of hydrogen-bond acceptors (Lipinski definition) is 3. The summed E-state index contributed by atoms with van der Waals surface area (Å²) in [5, 5.41) is 5.34. The van der Waals surface area contributed by atoms with Gasteiger partial charge in [-0.2, -0.15) is 0 Å². The standard InChI is InChI=1S/C20H19N3O3/c1-13(24)22-18-10-9-16(11-19(18)23-14(2)25)6-3-15-4-7-17(8-5-15)12-20(21)26/h4-5,7-11H,12H2,1-2H3,(H2,21,26)(H,22,24)(H,23,25). The average Bonchev–Trinajstić information content (AvgIpc) is 2.55. The van der Waals surface area contributed by atoms with Gasteiger partial charge in [0.05, 0.1) is 17.8 Å². The zero-order chi connectivity index (χ0) is 19.1. The summed E-state index contributed by atoms with van der Waals surface area (Å²) in [4.78, 5) is 33.5. The van der Waals surface area contributed by atoms with Crippen LogP contribution in [0.4, 0.5) is 11.4 Å². The zero-order valence-electron chi connectivity index (χ0n) is 14.6. The van der Waals surface area contributed by atoms with Crippen LogP contribution in [0.25, 0.3) is 0 Å². The highest BCUT2D eigenvalue weighted by Crippen LogP contribution is 2.23. The summed E-state index contributed by atoms with van der Waals surface area (Å²) in [6, 6.07) is 12.4. The van der Waals surface area contributed by atoms with Crippen LogP contribution >= 0.6 is 0 Å². The fraction of sp³-hybridized carbons (Fsp3) is 0.150. The number of nitrogens with two attached hydrogens (primary N) is 1. The van der Waals surface area contributed by atoms with Gasteiger partial charge in [-0.25, -0.2) is 0 Å². The summed E-state index contributed by atoms with van der Waals surface area (Å²) < 4.78 is 0. The van der Waals surface area contributed by atoms with Crippen LogP contribution in [0.1, 0.15) is 30.5 Å². The monoisotopic (exact) mass is 349 g/mol. The maximum Gasteiger partial charge on any atom is 0.221 e. The van der Waals surface area contributed by atoms with E-state index < -0.39 is 0 Å². The summed E-state index contributed by atoms with van der Waals surface area (Å²) in [5.74, 6) is 5.17. The van der Waals surface area contributed by atoms with Crippen LogP contribution in [0.5, 0.6) is 0 Å². The number of rotatable bonds is 4. The fourth-order valence-electron chi connectivity index (χ4n) is 2.27. The lowest BCUT2D eigenvalue weighted by Gasteiger charge is -2.10. The van der Waals surface area contributed by atoms with Crippen LogP contribution < -0.4 is 16.4 Å². The lowest BCUT2D eigenvalue weighted by Crippen LogP contribution is -2.13. The third-order valence-electron chi connectivity index (χ3n) is 3.32. The number of benzene rings is 2. The zero-order valence-corrected chi connectivity index (χ0v) is 14.6. The Morgan fingerprint density at radius 1 is 0.846 bits per heavy atom. The Balaban J connectivity index is 2.24. The molecular weight excluding hydrogens is 330 g/mol.